The monoisotopic (exact) mass is 188 g/mol. The van der Waals surface area contributed by atoms with Gasteiger partial charge in [-0.2, -0.15) is 0 Å². The predicted octanol–water partition coefficient (Wildman–Crippen LogP) is 2.81. The van der Waals surface area contributed by atoms with Gasteiger partial charge >= 0.3 is 0 Å². The third-order valence-electron chi connectivity index (χ3n) is 2.47. The molecule has 0 saturated heterocycles. The molecule has 0 aliphatic heterocycles. The van der Waals surface area contributed by atoms with Crippen LogP contribution in [0.15, 0.2) is 30.3 Å². The molecule has 0 aromatic heterocycles. The van der Waals surface area contributed by atoms with Gasteiger partial charge in [0.1, 0.15) is 11.5 Å². The summed E-state index contributed by atoms with van der Waals surface area (Å²) in [5.41, 5.74) is 0.906. The van der Waals surface area contributed by atoms with Crippen LogP contribution in [0.2, 0.25) is 0 Å². The molecule has 2 aromatic rings. The minimum absolute atomic E-state index is 0.209. The predicted molar refractivity (Wildman–Crippen MR) is 56.7 cm³/mol. The van der Waals surface area contributed by atoms with Gasteiger partial charge in [-0.3, -0.25) is 0 Å². The van der Waals surface area contributed by atoms with Crippen LogP contribution in [-0.2, 0) is 6.42 Å². The van der Waals surface area contributed by atoms with Gasteiger partial charge in [0.15, 0.2) is 0 Å². The van der Waals surface area contributed by atoms with Gasteiger partial charge in [0.2, 0.25) is 0 Å². The lowest BCUT2D eigenvalue weighted by Gasteiger charge is -2.06. The zero-order chi connectivity index (χ0) is 10.1. The van der Waals surface area contributed by atoms with Gasteiger partial charge in [-0.1, -0.05) is 31.2 Å². The molecular formula is C12H12O2. The van der Waals surface area contributed by atoms with Crippen molar-refractivity contribution in [2.24, 2.45) is 0 Å². The number of rotatable bonds is 1. The summed E-state index contributed by atoms with van der Waals surface area (Å²) in [5, 5.41) is 20.8. The fourth-order valence-corrected chi connectivity index (χ4v) is 1.66. The highest BCUT2D eigenvalue weighted by Crippen LogP contribution is 2.33. The SMILES string of the molecule is CCc1ccc2c(O)cccc2c1O. The number of aromatic hydroxyl groups is 2. The van der Waals surface area contributed by atoms with Gasteiger partial charge < -0.3 is 10.2 Å². The number of phenolic OH excluding ortho intramolecular Hbond substituents is 2. The van der Waals surface area contributed by atoms with E-state index in [2.05, 4.69) is 0 Å². The van der Waals surface area contributed by atoms with Crippen LogP contribution in [0.1, 0.15) is 12.5 Å². The minimum atomic E-state index is 0.209. The van der Waals surface area contributed by atoms with Crippen LogP contribution in [0.25, 0.3) is 10.8 Å². The molecule has 2 heteroatoms. The highest BCUT2D eigenvalue weighted by atomic mass is 16.3. The van der Waals surface area contributed by atoms with E-state index in [1.54, 1.807) is 12.1 Å². The number of hydrogen-bond acceptors (Lipinski definition) is 2. The number of aryl methyl sites for hydroxylation is 1. The van der Waals surface area contributed by atoms with Crippen molar-refractivity contribution >= 4 is 10.8 Å². The van der Waals surface area contributed by atoms with E-state index < -0.39 is 0 Å². The smallest absolute Gasteiger partial charge is 0.126 e. The molecule has 0 heterocycles. The van der Waals surface area contributed by atoms with Crippen molar-refractivity contribution in [1.29, 1.82) is 0 Å². The highest BCUT2D eigenvalue weighted by molar-refractivity contribution is 5.93. The molecule has 14 heavy (non-hydrogen) atoms. The molecule has 0 saturated carbocycles. The maximum atomic E-state index is 9.86. The largest absolute Gasteiger partial charge is 0.507 e. The van der Waals surface area contributed by atoms with Crippen molar-refractivity contribution in [2.75, 3.05) is 0 Å². The molecule has 0 spiro atoms. The van der Waals surface area contributed by atoms with Crippen molar-refractivity contribution in [3.05, 3.63) is 35.9 Å². The summed E-state index contributed by atoms with van der Waals surface area (Å²) >= 11 is 0. The third kappa shape index (κ3) is 1.20. The lowest BCUT2D eigenvalue weighted by molar-refractivity contribution is 0.471. The van der Waals surface area contributed by atoms with E-state index in [0.29, 0.717) is 10.8 Å². The van der Waals surface area contributed by atoms with Crippen LogP contribution < -0.4 is 0 Å². The summed E-state index contributed by atoms with van der Waals surface area (Å²) in [4.78, 5) is 0. The fourth-order valence-electron chi connectivity index (χ4n) is 1.66. The fraction of sp³-hybridized carbons (Fsp3) is 0.167. The molecule has 0 bridgehead atoms. The van der Waals surface area contributed by atoms with Gasteiger partial charge in [-0.15, -0.1) is 0 Å². The van der Waals surface area contributed by atoms with Crippen LogP contribution in [-0.4, -0.2) is 10.2 Å². The minimum Gasteiger partial charge on any atom is -0.507 e. The van der Waals surface area contributed by atoms with Crippen molar-refractivity contribution in [2.45, 2.75) is 13.3 Å². The lowest BCUT2D eigenvalue weighted by atomic mass is 10.0. The van der Waals surface area contributed by atoms with E-state index >= 15 is 0 Å². The van der Waals surface area contributed by atoms with Gasteiger partial charge in [0, 0.05) is 10.8 Å². The molecule has 0 radical (unpaired) electrons. The van der Waals surface area contributed by atoms with Crippen molar-refractivity contribution in [3.63, 3.8) is 0 Å². The van der Waals surface area contributed by atoms with Crippen LogP contribution in [0.5, 0.6) is 11.5 Å². The summed E-state index contributed by atoms with van der Waals surface area (Å²) in [6, 6.07) is 8.84. The van der Waals surface area contributed by atoms with E-state index in [0.717, 1.165) is 12.0 Å². The third-order valence-corrected chi connectivity index (χ3v) is 2.47. The van der Waals surface area contributed by atoms with Crippen LogP contribution in [0.3, 0.4) is 0 Å². The molecule has 2 rings (SSSR count). The second kappa shape index (κ2) is 3.22. The van der Waals surface area contributed by atoms with Crippen LogP contribution in [0, 0.1) is 0 Å². The molecule has 0 amide bonds. The normalized spacial score (nSPS) is 10.6. The molecule has 2 nitrogen and oxygen atoms in total. The Morgan fingerprint density at radius 1 is 1.00 bits per heavy atom. The van der Waals surface area contributed by atoms with E-state index in [4.69, 9.17) is 0 Å². The number of hydrogen-bond donors (Lipinski definition) is 2. The maximum absolute atomic E-state index is 9.86. The molecule has 0 aliphatic rings. The summed E-state index contributed by atoms with van der Waals surface area (Å²) in [5.74, 6) is 0.487. The first kappa shape index (κ1) is 8.88. The first-order valence-corrected chi connectivity index (χ1v) is 4.66. The molecule has 0 fully saturated rings. The Morgan fingerprint density at radius 2 is 1.79 bits per heavy atom. The average molecular weight is 188 g/mol. The summed E-state index contributed by atoms with van der Waals surface area (Å²) in [6.07, 6.45) is 0.789. The number of phenols is 2. The zero-order valence-electron chi connectivity index (χ0n) is 7.99. The summed E-state index contributed by atoms with van der Waals surface area (Å²) in [6.45, 7) is 1.99. The Kier molecular flexibility index (Phi) is 2.04. The van der Waals surface area contributed by atoms with E-state index in [9.17, 15) is 10.2 Å². The first-order valence-electron chi connectivity index (χ1n) is 4.66. The van der Waals surface area contributed by atoms with Crippen molar-refractivity contribution in [3.8, 4) is 11.5 Å². The molecule has 72 valence electrons. The summed E-state index contributed by atoms with van der Waals surface area (Å²) < 4.78 is 0. The Morgan fingerprint density at radius 3 is 2.50 bits per heavy atom. The van der Waals surface area contributed by atoms with E-state index in [-0.39, 0.29) is 11.5 Å². The van der Waals surface area contributed by atoms with Gasteiger partial charge in [0.05, 0.1) is 0 Å². The van der Waals surface area contributed by atoms with Crippen molar-refractivity contribution in [1.82, 2.24) is 0 Å². The first-order chi connectivity index (χ1) is 6.74. The van der Waals surface area contributed by atoms with Gasteiger partial charge in [-0.05, 0) is 18.1 Å². The molecule has 2 aromatic carbocycles. The quantitative estimate of drug-likeness (QED) is 0.722. The van der Waals surface area contributed by atoms with Crippen molar-refractivity contribution < 1.29 is 10.2 Å². The average Bonchev–Trinajstić information content (AvgIpc) is 2.20. The van der Waals surface area contributed by atoms with Crippen LogP contribution >= 0.6 is 0 Å². The molecule has 0 atom stereocenters. The Balaban J connectivity index is 2.84. The second-order valence-corrected chi connectivity index (χ2v) is 3.30. The second-order valence-electron chi connectivity index (χ2n) is 3.30. The molecule has 0 aliphatic carbocycles. The Bertz CT molecular complexity index is 475. The van der Waals surface area contributed by atoms with Crippen LogP contribution in [0.4, 0.5) is 0 Å². The molecular weight excluding hydrogens is 176 g/mol. The zero-order valence-corrected chi connectivity index (χ0v) is 7.99. The summed E-state index contributed by atoms with van der Waals surface area (Å²) in [7, 11) is 0. The topological polar surface area (TPSA) is 40.5 Å². The Hall–Kier alpha value is -1.70. The standard InChI is InChI=1S/C12H12O2/c1-2-8-6-7-9-10(12(8)14)4-3-5-11(9)13/h3-7,13-14H,2H2,1H3. The van der Waals surface area contributed by atoms with E-state index in [1.807, 2.05) is 25.1 Å². The number of benzene rings is 2. The lowest BCUT2D eigenvalue weighted by Crippen LogP contribution is -1.83. The molecule has 2 N–H and O–H groups in total. The van der Waals surface area contributed by atoms with Gasteiger partial charge in [-0.25, -0.2) is 0 Å². The molecule has 0 unspecified atom stereocenters. The maximum Gasteiger partial charge on any atom is 0.126 e. The van der Waals surface area contributed by atoms with E-state index in [1.165, 1.54) is 0 Å². The highest BCUT2D eigenvalue weighted by Gasteiger charge is 2.06. The number of fused-ring (bicyclic) bond motifs is 1. The Labute approximate surface area is 82.4 Å². The van der Waals surface area contributed by atoms with Gasteiger partial charge in [0.25, 0.3) is 0 Å².